The van der Waals surface area contributed by atoms with Crippen LogP contribution in [-0.2, 0) is 23.1 Å². The fourth-order valence-electron chi connectivity index (χ4n) is 1.85. The number of sulfonamides is 1. The van der Waals surface area contributed by atoms with E-state index in [1.807, 2.05) is 10.8 Å². The minimum atomic E-state index is -3.54. The van der Waals surface area contributed by atoms with Crippen molar-refractivity contribution < 1.29 is 8.42 Å². The van der Waals surface area contributed by atoms with Crippen LogP contribution in [0.1, 0.15) is 12.0 Å². The highest BCUT2D eigenvalue weighted by Gasteiger charge is 2.14. The van der Waals surface area contributed by atoms with Crippen LogP contribution < -0.4 is 10.5 Å². The largest absolute Gasteiger partial charge is 0.337 e. The molecule has 8 heteroatoms. The number of halogens is 1. The first-order valence-corrected chi connectivity index (χ1v) is 8.33. The van der Waals surface area contributed by atoms with Crippen LogP contribution in [0.25, 0.3) is 0 Å². The van der Waals surface area contributed by atoms with Gasteiger partial charge in [-0.3, -0.25) is 0 Å². The Bertz CT molecular complexity index is 686. The van der Waals surface area contributed by atoms with Crippen molar-refractivity contribution in [2.75, 3.05) is 6.54 Å². The third kappa shape index (κ3) is 4.28. The van der Waals surface area contributed by atoms with Crippen LogP contribution in [-0.4, -0.2) is 24.5 Å². The molecule has 6 nitrogen and oxygen atoms in total. The van der Waals surface area contributed by atoms with Crippen LogP contribution in [0.5, 0.6) is 0 Å². The van der Waals surface area contributed by atoms with Crippen LogP contribution in [0.4, 0.5) is 0 Å². The maximum atomic E-state index is 12.2. The number of benzene rings is 1. The molecule has 0 aliphatic heterocycles. The number of nitrogens with one attached hydrogen (secondary N) is 1. The van der Waals surface area contributed by atoms with Crippen LogP contribution in [0.3, 0.4) is 0 Å². The Morgan fingerprint density at radius 3 is 2.86 bits per heavy atom. The summed E-state index contributed by atoms with van der Waals surface area (Å²) in [6.45, 7) is 1.25. The molecule has 1 aromatic carbocycles. The van der Waals surface area contributed by atoms with Crippen LogP contribution in [0.2, 0.25) is 5.02 Å². The van der Waals surface area contributed by atoms with Gasteiger partial charge in [0.15, 0.2) is 0 Å². The normalized spacial score (nSPS) is 11.7. The lowest BCUT2D eigenvalue weighted by Gasteiger charge is -2.09. The van der Waals surface area contributed by atoms with Gasteiger partial charge in [-0.2, -0.15) is 0 Å². The van der Waals surface area contributed by atoms with E-state index in [1.165, 1.54) is 12.1 Å². The Morgan fingerprint density at radius 2 is 2.19 bits per heavy atom. The Hall–Kier alpha value is -1.41. The fraction of sp³-hybridized carbons (Fsp3) is 0.308. The zero-order valence-electron chi connectivity index (χ0n) is 11.4. The number of aryl methyl sites for hydroxylation is 1. The second kappa shape index (κ2) is 7.04. The molecule has 0 aliphatic carbocycles. The summed E-state index contributed by atoms with van der Waals surface area (Å²) in [5.74, 6) is 0. The summed E-state index contributed by atoms with van der Waals surface area (Å²) in [4.78, 5) is 4.10. The average Bonchev–Trinajstić information content (AvgIpc) is 2.97. The van der Waals surface area contributed by atoms with Crippen molar-refractivity contribution in [2.24, 2.45) is 5.73 Å². The monoisotopic (exact) mass is 328 g/mol. The first-order valence-electron chi connectivity index (χ1n) is 6.47. The predicted molar refractivity (Wildman–Crippen MR) is 81.4 cm³/mol. The third-order valence-corrected chi connectivity index (χ3v) is 4.82. The number of rotatable bonds is 7. The van der Waals surface area contributed by atoms with E-state index >= 15 is 0 Å². The van der Waals surface area contributed by atoms with Crippen molar-refractivity contribution in [3.8, 4) is 0 Å². The lowest BCUT2D eigenvalue weighted by molar-refractivity contribution is 0.569. The van der Waals surface area contributed by atoms with Crippen molar-refractivity contribution in [1.82, 2.24) is 14.3 Å². The van der Waals surface area contributed by atoms with E-state index in [2.05, 4.69) is 9.71 Å². The van der Waals surface area contributed by atoms with Crippen molar-refractivity contribution in [3.63, 3.8) is 0 Å². The lowest BCUT2D eigenvalue weighted by atomic mass is 10.2. The smallest absolute Gasteiger partial charge is 0.240 e. The molecule has 1 heterocycles. The van der Waals surface area contributed by atoms with Gasteiger partial charge in [-0.05, 0) is 30.2 Å². The van der Waals surface area contributed by atoms with Crippen LogP contribution in [0, 0.1) is 0 Å². The summed E-state index contributed by atoms with van der Waals surface area (Å²) < 4.78 is 28.8. The molecule has 0 radical (unpaired) electrons. The predicted octanol–water partition coefficient (Wildman–Crippen LogP) is 1.36. The van der Waals surface area contributed by atoms with E-state index < -0.39 is 10.0 Å². The molecule has 0 aliphatic rings. The van der Waals surface area contributed by atoms with Gasteiger partial charge in [0.05, 0.1) is 11.2 Å². The summed E-state index contributed by atoms with van der Waals surface area (Å²) in [6.07, 6.45) is 5.89. The zero-order valence-corrected chi connectivity index (χ0v) is 12.9. The second-order valence-electron chi connectivity index (χ2n) is 4.51. The molecule has 0 saturated heterocycles. The van der Waals surface area contributed by atoms with Gasteiger partial charge in [-0.1, -0.05) is 11.6 Å². The molecule has 3 N–H and O–H groups in total. The highest BCUT2D eigenvalue weighted by molar-refractivity contribution is 7.89. The van der Waals surface area contributed by atoms with Crippen molar-refractivity contribution in [2.45, 2.75) is 24.4 Å². The Labute approximate surface area is 129 Å². The molecule has 0 atom stereocenters. The minimum absolute atomic E-state index is 0.176. The number of imidazole rings is 1. The quantitative estimate of drug-likeness (QED) is 0.751. The summed E-state index contributed by atoms with van der Waals surface area (Å²) in [5.41, 5.74) is 6.14. The van der Waals surface area contributed by atoms with E-state index in [1.54, 1.807) is 18.6 Å². The zero-order chi connectivity index (χ0) is 15.3. The summed E-state index contributed by atoms with van der Waals surface area (Å²) >= 11 is 5.93. The Balaban J connectivity index is 1.95. The lowest BCUT2D eigenvalue weighted by Crippen LogP contribution is -2.25. The molecule has 2 rings (SSSR count). The first-order chi connectivity index (χ1) is 10.0. The highest BCUT2D eigenvalue weighted by Crippen LogP contribution is 2.19. The van der Waals surface area contributed by atoms with Gasteiger partial charge in [0, 0.05) is 37.1 Å². The Kier molecular flexibility index (Phi) is 5.35. The van der Waals surface area contributed by atoms with E-state index in [0.717, 1.165) is 0 Å². The first kappa shape index (κ1) is 16.0. The molecule has 0 saturated carbocycles. The number of hydrogen-bond donors (Lipinski definition) is 2. The maximum Gasteiger partial charge on any atom is 0.240 e. The van der Waals surface area contributed by atoms with Crippen LogP contribution in [0.15, 0.2) is 41.8 Å². The third-order valence-electron chi connectivity index (χ3n) is 2.99. The number of nitrogens with zero attached hydrogens (tertiary/aromatic N) is 2. The van der Waals surface area contributed by atoms with Crippen molar-refractivity contribution in [3.05, 3.63) is 47.5 Å². The van der Waals surface area contributed by atoms with Gasteiger partial charge < -0.3 is 10.3 Å². The molecule has 21 heavy (non-hydrogen) atoms. The van der Waals surface area contributed by atoms with Gasteiger partial charge >= 0.3 is 0 Å². The SMILES string of the molecule is NCc1cc(S(=O)(=O)NCCCn2ccnc2)ccc1Cl. The van der Waals surface area contributed by atoms with E-state index in [-0.39, 0.29) is 11.4 Å². The van der Waals surface area contributed by atoms with Gasteiger partial charge in [0.2, 0.25) is 10.0 Å². The Morgan fingerprint density at radius 1 is 1.38 bits per heavy atom. The molecule has 114 valence electrons. The van der Waals surface area contributed by atoms with Crippen LogP contribution >= 0.6 is 11.6 Å². The van der Waals surface area contributed by atoms with Gasteiger partial charge in [-0.25, -0.2) is 18.1 Å². The molecule has 0 fully saturated rings. The molecule has 0 bridgehead atoms. The molecule has 0 unspecified atom stereocenters. The number of aromatic nitrogens is 2. The molecule has 0 amide bonds. The molecule has 2 aromatic rings. The maximum absolute atomic E-state index is 12.2. The van der Waals surface area contributed by atoms with Gasteiger partial charge in [0.25, 0.3) is 0 Å². The molecule has 0 spiro atoms. The van der Waals surface area contributed by atoms with E-state index in [4.69, 9.17) is 17.3 Å². The fourth-order valence-corrected chi connectivity index (χ4v) is 3.16. The number of hydrogen-bond acceptors (Lipinski definition) is 4. The second-order valence-corrected chi connectivity index (χ2v) is 6.68. The van der Waals surface area contributed by atoms with Gasteiger partial charge in [0.1, 0.15) is 0 Å². The average molecular weight is 329 g/mol. The van der Waals surface area contributed by atoms with E-state index in [0.29, 0.717) is 30.1 Å². The topological polar surface area (TPSA) is 90.0 Å². The highest BCUT2D eigenvalue weighted by atomic mass is 35.5. The van der Waals surface area contributed by atoms with Crippen molar-refractivity contribution >= 4 is 21.6 Å². The van der Waals surface area contributed by atoms with Crippen molar-refractivity contribution in [1.29, 1.82) is 0 Å². The minimum Gasteiger partial charge on any atom is -0.337 e. The number of nitrogens with two attached hydrogens (primary N) is 1. The van der Waals surface area contributed by atoms with E-state index in [9.17, 15) is 8.42 Å². The molecular formula is C13H17ClN4O2S. The summed E-state index contributed by atoms with van der Waals surface area (Å²) in [5, 5.41) is 0.469. The standard InChI is InChI=1S/C13H17ClN4O2S/c14-13-3-2-12(8-11(13)9-15)21(19,20)17-4-1-6-18-7-5-16-10-18/h2-3,5,7-8,10,17H,1,4,6,9,15H2. The molecular weight excluding hydrogens is 312 g/mol. The van der Waals surface area contributed by atoms with Gasteiger partial charge in [-0.15, -0.1) is 0 Å². The molecule has 1 aromatic heterocycles. The summed E-state index contributed by atoms with van der Waals surface area (Å²) in [6, 6.07) is 4.52. The summed E-state index contributed by atoms with van der Waals surface area (Å²) in [7, 11) is -3.54.